The third kappa shape index (κ3) is 2.80. The van der Waals surface area contributed by atoms with Crippen LogP contribution in [-0.2, 0) is 6.42 Å². The molecule has 0 atom stereocenters. The van der Waals surface area contributed by atoms with Crippen LogP contribution in [0.2, 0.25) is 0 Å². The van der Waals surface area contributed by atoms with E-state index in [0.29, 0.717) is 0 Å². The molecule has 0 fully saturated rings. The van der Waals surface area contributed by atoms with E-state index in [1.807, 2.05) is 12.1 Å². The van der Waals surface area contributed by atoms with Crippen LogP contribution in [0.25, 0.3) is 16.9 Å². The van der Waals surface area contributed by atoms with E-state index in [9.17, 15) is 0 Å². The van der Waals surface area contributed by atoms with Crippen LogP contribution in [0.1, 0.15) is 11.3 Å². The van der Waals surface area contributed by atoms with Crippen molar-refractivity contribution < 1.29 is 0 Å². The first-order chi connectivity index (χ1) is 11.3. The number of hydrogen-bond acceptors (Lipinski definition) is 1. The molecule has 0 aliphatic rings. The van der Waals surface area contributed by atoms with Crippen molar-refractivity contribution in [3.05, 3.63) is 94.7 Å². The third-order valence-corrected chi connectivity index (χ3v) is 4.49. The fraction of sp³-hybridized carbons (Fsp3) is 0.0500. The number of nitrogens with zero attached hydrogens (tertiary/aromatic N) is 2. The number of halogens is 1. The molecule has 2 aromatic carbocycles. The van der Waals surface area contributed by atoms with Crippen molar-refractivity contribution >= 4 is 21.6 Å². The normalized spacial score (nSPS) is 11.0. The van der Waals surface area contributed by atoms with Gasteiger partial charge < -0.3 is 4.40 Å². The van der Waals surface area contributed by atoms with Crippen molar-refractivity contribution in [1.82, 2.24) is 9.38 Å². The molecule has 0 radical (unpaired) electrons. The fourth-order valence-corrected chi connectivity index (χ4v) is 3.11. The first kappa shape index (κ1) is 14.2. The third-order valence-electron chi connectivity index (χ3n) is 3.96. The summed E-state index contributed by atoms with van der Waals surface area (Å²) < 4.78 is 3.26. The van der Waals surface area contributed by atoms with Gasteiger partial charge in [0.05, 0.1) is 11.4 Å². The maximum atomic E-state index is 4.86. The van der Waals surface area contributed by atoms with E-state index in [1.54, 1.807) is 0 Å². The van der Waals surface area contributed by atoms with Gasteiger partial charge in [0.25, 0.3) is 0 Å². The van der Waals surface area contributed by atoms with Gasteiger partial charge in [0.15, 0.2) is 0 Å². The SMILES string of the molecule is Brc1ccc(-c2nc3ccccn3c2Cc2ccccc2)cc1. The van der Waals surface area contributed by atoms with Crippen molar-refractivity contribution in [2.24, 2.45) is 0 Å². The predicted octanol–water partition coefficient (Wildman–Crippen LogP) is 5.35. The lowest BCUT2D eigenvalue weighted by Gasteiger charge is -2.06. The van der Waals surface area contributed by atoms with E-state index in [0.717, 1.165) is 27.8 Å². The molecule has 0 aliphatic carbocycles. The van der Waals surface area contributed by atoms with Gasteiger partial charge in [-0.3, -0.25) is 0 Å². The molecule has 0 spiro atoms. The highest BCUT2D eigenvalue weighted by Gasteiger charge is 2.14. The molecule has 112 valence electrons. The smallest absolute Gasteiger partial charge is 0.137 e. The van der Waals surface area contributed by atoms with E-state index in [4.69, 9.17) is 4.98 Å². The molecular formula is C20H15BrN2. The minimum absolute atomic E-state index is 0.859. The summed E-state index contributed by atoms with van der Waals surface area (Å²) in [5.41, 5.74) is 5.68. The molecule has 0 saturated heterocycles. The van der Waals surface area contributed by atoms with Gasteiger partial charge in [0.1, 0.15) is 5.65 Å². The average molecular weight is 363 g/mol. The summed E-state index contributed by atoms with van der Waals surface area (Å²) >= 11 is 3.50. The van der Waals surface area contributed by atoms with E-state index in [2.05, 4.69) is 87.2 Å². The molecule has 0 amide bonds. The quantitative estimate of drug-likeness (QED) is 0.479. The molecule has 4 rings (SSSR count). The summed E-state index contributed by atoms with van der Waals surface area (Å²) in [7, 11) is 0. The van der Waals surface area contributed by atoms with E-state index in [1.165, 1.54) is 11.3 Å². The molecule has 2 aromatic heterocycles. The second-order valence-electron chi connectivity index (χ2n) is 5.51. The Labute approximate surface area is 143 Å². The Bertz CT molecular complexity index is 940. The Morgan fingerprint density at radius 3 is 2.35 bits per heavy atom. The van der Waals surface area contributed by atoms with Crippen molar-refractivity contribution in [2.45, 2.75) is 6.42 Å². The largest absolute Gasteiger partial charge is 0.303 e. The van der Waals surface area contributed by atoms with Gasteiger partial charge in [-0.25, -0.2) is 4.98 Å². The van der Waals surface area contributed by atoms with Gasteiger partial charge in [0, 0.05) is 22.7 Å². The van der Waals surface area contributed by atoms with E-state index in [-0.39, 0.29) is 0 Å². The zero-order valence-electron chi connectivity index (χ0n) is 12.5. The van der Waals surface area contributed by atoms with Gasteiger partial charge in [-0.2, -0.15) is 0 Å². The summed E-state index contributed by atoms with van der Waals surface area (Å²) in [5, 5.41) is 0. The Balaban J connectivity index is 1.89. The highest BCUT2D eigenvalue weighted by Crippen LogP contribution is 2.27. The molecule has 0 unspecified atom stereocenters. The first-order valence-electron chi connectivity index (χ1n) is 7.57. The van der Waals surface area contributed by atoms with Crippen LogP contribution in [0, 0.1) is 0 Å². The molecule has 2 heterocycles. The van der Waals surface area contributed by atoms with Crippen LogP contribution in [0.15, 0.2) is 83.5 Å². The molecule has 4 aromatic rings. The number of imidazole rings is 1. The zero-order valence-corrected chi connectivity index (χ0v) is 14.1. The van der Waals surface area contributed by atoms with Gasteiger partial charge in [-0.15, -0.1) is 0 Å². The lowest BCUT2D eigenvalue weighted by molar-refractivity contribution is 1.03. The molecule has 0 bridgehead atoms. The van der Waals surface area contributed by atoms with Gasteiger partial charge in [-0.05, 0) is 29.8 Å². The molecule has 23 heavy (non-hydrogen) atoms. The molecule has 2 nitrogen and oxygen atoms in total. The van der Waals surface area contributed by atoms with Gasteiger partial charge >= 0.3 is 0 Å². The number of rotatable bonds is 3. The van der Waals surface area contributed by atoms with Crippen LogP contribution in [0.3, 0.4) is 0 Å². The monoisotopic (exact) mass is 362 g/mol. The lowest BCUT2D eigenvalue weighted by atomic mass is 10.0. The number of benzene rings is 2. The summed E-state index contributed by atoms with van der Waals surface area (Å²) in [6.45, 7) is 0. The first-order valence-corrected chi connectivity index (χ1v) is 8.36. The Morgan fingerprint density at radius 2 is 1.57 bits per heavy atom. The lowest BCUT2D eigenvalue weighted by Crippen LogP contribution is -1.96. The van der Waals surface area contributed by atoms with Gasteiger partial charge in [0.2, 0.25) is 0 Å². The highest BCUT2D eigenvalue weighted by atomic mass is 79.9. The summed E-state index contributed by atoms with van der Waals surface area (Å²) in [6.07, 6.45) is 2.94. The molecule has 0 aliphatic heterocycles. The highest BCUT2D eigenvalue weighted by molar-refractivity contribution is 9.10. The maximum absolute atomic E-state index is 4.86. The predicted molar refractivity (Wildman–Crippen MR) is 97.6 cm³/mol. The van der Waals surface area contributed by atoms with Gasteiger partial charge in [-0.1, -0.05) is 64.5 Å². The van der Waals surface area contributed by atoms with E-state index >= 15 is 0 Å². The van der Waals surface area contributed by atoms with Crippen molar-refractivity contribution in [3.8, 4) is 11.3 Å². The summed E-state index contributed by atoms with van der Waals surface area (Å²) in [4.78, 5) is 4.86. The standard InChI is InChI=1S/C20H15BrN2/c21-17-11-9-16(10-12-17)20-18(14-15-6-2-1-3-7-15)23-13-5-4-8-19(23)22-20/h1-13H,14H2. The Morgan fingerprint density at radius 1 is 0.826 bits per heavy atom. The zero-order chi connectivity index (χ0) is 15.6. The van der Waals surface area contributed by atoms with Crippen LogP contribution < -0.4 is 0 Å². The second-order valence-corrected chi connectivity index (χ2v) is 6.42. The Kier molecular flexibility index (Phi) is 3.72. The second kappa shape index (κ2) is 6.01. The fourth-order valence-electron chi connectivity index (χ4n) is 2.84. The van der Waals surface area contributed by atoms with Crippen LogP contribution in [0.4, 0.5) is 0 Å². The van der Waals surface area contributed by atoms with Crippen LogP contribution in [0.5, 0.6) is 0 Å². The number of pyridine rings is 1. The van der Waals surface area contributed by atoms with Crippen molar-refractivity contribution in [3.63, 3.8) is 0 Å². The molecule has 0 saturated carbocycles. The van der Waals surface area contributed by atoms with Crippen LogP contribution >= 0.6 is 15.9 Å². The van der Waals surface area contributed by atoms with E-state index < -0.39 is 0 Å². The van der Waals surface area contributed by atoms with Crippen molar-refractivity contribution in [1.29, 1.82) is 0 Å². The minimum Gasteiger partial charge on any atom is -0.303 e. The number of hydrogen-bond donors (Lipinski definition) is 0. The average Bonchev–Trinajstić information content (AvgIpc) is 2.95. The maximum Gasteiger partial charge on any atom is 0.137 e. The Hall–Kier alpha value is -2.39. The summed E-state index contributed by atoms with van der Waals surface area (Å²) in [5.74, 6) is 0. The van der Waals surface area contributed by atoms with Crippen LogP contribution in [-0.4, -0.2) is 9.38 Å². The number of fused-ring (bicyclic) bond motifs is 1. The molecule has 3 heteroatoms. The number of aromatic nitrogens is 2. The molecular weight excluding hydrogens is 348 g/mol. The minimum atomic E-state index is 0.859. The topological polar surface area (TPSA) is 17.3 Å². The molecule has 0 N–H and O–H groups in total. The van der Waals surface area contributed by atoms with Crippen molar-refractivity contribution in [2.75, 3.05) is 0 Å². The summed E-state index contributed by atoms with van der Waals surface area (Å²) in [6, 6.07) is 25.0.